The van der Waals surface area contributed by atoms with Gasteiger partial charge in [-0.2, -0.15) is 13.2 Å². The Morgan fingerprint density at radius 1 is 1.24 bits per heavy atom. The van der Waals surface area contributed by atoms with E-state index in [4.69, 9.17) is 14.3 Å². The van der Waals surface area contributed by atoms with E-state index in [0.29, 0.717) is 0 Å². The molecule has 4 heterocycles. The van der Waals surface area contributed by atoms with Gasteiger partial charge < -0.3 is 9.52 Å². The highest BCUT2D eigenvalue weighted by Gasteiger charge is 2.38. The first-order chi connectivity index (χ1) is 13.8. The van der Waals surface area contributed by atoms with E-state index in [1.165, 1.54) is 16.1 Å². The molecule has 0 aromatic carbocycles. The van der Waals surface area contributed by atoms with E-state index in [9.17, 15) is 13.2 Å². The summed E-state index contributed by atoms with van der Waals surface area (Å²) in [7, 11) is 0. The second-order valence-corrected chi connectivity index (χ2v) is 7.35. The number of furan rings is 1. The maximum atomic E-state index is 10.6. The molecule has 0 saturated heterocycles. The van der Waals surface area contributed by atoms with E-state index in [1.54, 1.807) is 18.9 Å². The van der Waals surface area contributed by atoms with Gasteiger partial charge in [0.1, 0.15) is 6.33 Å². The third kappa shape index (κ3) is 5.64. The number of aliphatic carboxylic acids is 1. The minimum Gasteiger partial charge on any atom is -0.475 e. The van der Waals surface area contributed by atoms with Crippen LogP contribution in [0.3, 0.4) is 0 Å². The lowest BCUT2D eigenvalue weighted by molar-refractivity contribution is -0.192. The summed E-state index contributed by atoms with van der Waals surface area (Å²) in [6.07, 6.45) is 2.02. The lowest BCUT2D eigenvalue weighted by atomic mass is 10.0. The Bertz CT molecular complexity index is 928. The van der Waals surface area contributed by atoms with Gasteiger partial charge in [0.05, 0.1) is 18.2 Å². The standard InChI is InChI=1S/C17H17N3OS.C2HF3O2/c1-2-14(22-9-1)10-20-6-3-15-16(4-7-20)18-12-19-17(15)13-5-8-21-11-13;3-2(4,5)1(6)7/h1-2,5,8-9,11-12H,3-4,6-7,10H2;(H,6,7). The van der Waals surface area contributed by atoms with Crippen LogP contribution < -0.4 is 0 Å². The highest BCUT2D eigenvalue weighted by atomic mass is 32.1. The lowest BCUT2D eigenvalue weighted by Crippen LogP contribution is -2.25. The molecule has 0 radical (unpaired) electrons. The summed E-state index contributed by atoms with van der Waals surface area (Å²) in [4.78, 5) is 21.8. The van der Waals surface area contributed by atoms with Crippen molar-refractivity contribution in [3.63, 3.8) is 0 Å². The monoisotopic (exact) mass is 425 g/mol. The molecule has 3 aromatic heterocycles. The molecular formula is C19H18F3N3O3S. The number of carboxylic acid groups (broad SMARTS) is 1. The zero-order valence-corrected chi connectivity index (χ0v) is 16.0. The van der Waals surface area contributed by atoms with E-state index in [1.807, 2.05) is 17.4 Å². The number of alkyl halides is 3. The molecule has 0 fully saturated rings. The van der Waals surface area contributed by atoms with Gasteiger partial charge in [0.25, 0.3) is 0 Å². The van der Waals surface area contributed by atoms with Gasteiger partial charge in [0.2, 0.25) is 0 Å². The fourth-order valence-corrected chi connectivity index (χ4v) is 3.75. The zero-order valence-electron chi connectivity index (χ0n) is 15.2. The number of thiophene rings is 1. The van der Waals surface area contributed by atoms with Gasteiger partial charge in [0, 0.05) is 47.8 Å². The summed E-state index contributed by atoms with van der Waals surface area (Å²) in [5.74, 6) is -2.76. The van der Waals surface area contributed by atoms with Crippen LogP contribution in [0.5, 0.6) is 0 Å². The van der Waals surface area contributed by atoms with Gasteiger partial charge in [-0.3, -0.25) is 4.90 Å². The first kappa shape index (κ1) is 21.0. The van der Waals surface area contributed by atoms with Crippen molar-refractivity contribution in [2.24, 2.45) is 0 Å². The summed E-state index contributed by atoms with van der Waals surface area (Å²) >= 11 is 1.83. The molecule has 0 bridgehead atoms. The molecule has 10 heteroatoms. The summed E-state index contributed by atoms with van der Waals surface area (Å²) in [5.41, 5.74) is 4.53. The maximum Gasteiger partial charge on any atom is 0.490 e. The number of rotatable bonds is 3. The number of nitrogens with zero attached hydrogens (tertiary/aromatic N) is 3. The molecule has 0 atom stereocenters. The van der Waals surface area contributed by atoms with Crippen molar-refractivity contribution in [3.8, 4) is 11.3 Å². The number of aromatic nitrogens is 2. The SMILES string of the molecule is O=C(O)C(F)(F)F.c1csc(CN2CCc3ncnc(-c4ccoc4)c3CC2)c1. The normalized spacial score (nSPS) is 14.4. The van der Waals surface area contributed by atoms with Crippen molar-refractivity contribution in [1.29, 1.82) is 0 Å². The van der Waals surface area contributed by atoms with Crippen LogP contribution in [0, 0.1) is 0 Å². The van der Waals surface area contributed by atoms with Gasteiger partial charge in [-0.15, -0.1) is 11.3 Å². The van der Waals surface area contributed by atoms with Gasteiger partial charge >= 0.3 is 12.1 Å². The van der Waals surface area contributed by atoms with E-state index in [-0.39, 0.29) is 0 Å². The Morgan fingerprint density at radius 3 is 2.62 bits per heavy atom. The summed E-state index contributed by atoms with van der Waals surface area (Å²) in [5, 5.41) is 9.27. The Labute approximate surface area is 168 Å². The van der Waals surface area contributed by atoms with Crippen LogP contribution >= 0.6 is 11.3 Å². The van der Waals surface area contributed by atoms with E-state index < -0.39 is 12.1 Å². The number of carbonyl (C=O) groups is 1. The van der Waals surface area contributed by atoms with Gasteiger partial charge in [-0.25, -0.2) is 14.8 Å². The minimum absolute atomic E-state index is 0.980. The van der Waals surface area contributed by atoms with E-state index in [2.05, 4.69) is 32.4 Å². The molecule has 3 aromatic rings. The predicted molar refractivity (Wildman–Crippen MR) is 100 cm³/mol. The van der Waals surface area contributed by atoms with E-state index in [0.717, 1.165) is 43.7 Å². The number of halogens is 3. The van der Waals surface area contributed by atoms with Gasteiger partial charge in [-0.05, 0) is 23.9 Å². The second-order valence-electron chi connectivity index (χ2n) is 6.32. The Balaban J connectivity index is 0.000000298. The van der Waals surface area contributed by atoms with E-state index >= 15 is 0 Å². The molecule has 0 unspecified atom stereocenters. The highest BCUT2D eigenvalue weighted by Crippen LogP contribution is 2.26. The van der Waals surface area contributed by atoms with Crippen LogP contribution in [0.1, 0.15) is 16.1 Å². The smallest absolute Gasteiger partial charge is 0.475 e. The fraction of sp³-hybridized carbons (Fsp3) is 0.316. The zero-order chi connectivity index (χ0) is 20.9. The van der Waals surface area contributed by atoms with Crippen molar-refractivity contribution in [2.75, 3.05) is 13.1 Å². The van der Waals surface area contributed by atoms with Crippen molar-refractivity contribution in [2.45, 2.75) is 25.6 Å². The van der Waals surface area contributed by atoms with Crippen molar-refractivity contribution < 1.29 is 27.5 Å². The molecule has 0 amide bonds. The summed E-state index contributed by atoms with van der Waals surface area (Å²) < 4.78 is 36.9. The largest absolute Gasteiger partial charge is 0.490 e. The molecule has 154 valence electrons. The van der Waals surface area contributed by atoms with Crippen LogP contribution in [0.2, 0.25) is 0 Å². The molecule has 1 aliphatic rings. The van der Waals surface area contributed by atoms with Crippen LogP contribution in [-0.2, 0) is 24.2 Å². The minimum atomic E-state index is -5.08. The predicted octanol–water partition coefficient (Wildman–Crippen LogP) is 4.03. The molecule has 1 aliphatic heterocycles. The Hall–Kier alpha value is -2.72. The first-order valence-corrected chi connectivity index (χ1v) is 9.62. The van der Waals surface area contributed by atoms with Gasteiger partial charge in [-0.1, -0.05) is 6.07 Å². The summed E-state index contributed by atoms with van der Waals surface area (Å²) in [6.45, 7) is 3.12. The van der Waals surface area contributed by atoms with Crippen LogP contribution in [0.4, 0.5) is 13.2 Å². The molecule has 0 spiro atoms. The number of carboxylic acids is 1. The number of fused-ring (bicyclic) bond motifs is 1. The molecule has 29 heavy (non-hydrogen) atoms. The second kappa shape index (κ2) is 9.19. The number of hydrogen-bond donors (Lipinski definition) is 1. The van der Waals surface area contributed by atoms with Gasteiger partial charge in [0.15, 0.2) is 0 Å². The third-order valence-electron chi connectivity index (χ3n) is 4.37. The Morgan fingerprint density at radius 2 is 2.00 bits per heavy atom. The average molecular weight is 425 g/mol. The van der Waals surface area contributed by atoms with Crippen LogP contribution in [0.15, 0.2) is 46.8 Å². The molecular weight excluding hydrogens is 407 g/mol. The van der Waals surface area contributed by atoms with Crippen molar-refractivity contribution in [1.82, 2.24) is 14.9 Å². The molecule has 6 nitrogen and oxygen atoms in total. The van der Waals surface area contributed by atoms with Crippen LogP contribution in [-0.4, -0.2) is 45.2 Å². The maximum absolute atomic E-state index is 10.6. The number of hydrogen-bond acceptors (Lipinski definition) is 6. The topological polar surface area (TPSA) is 79.5 Å². The van der Waals surface area contributed by atoms with Crippen molar-refractivity contribution >= 4 is 17.3 Å². The molecule has 0 saturated carbocycles. The quantitative estimate of drug-likeness (QED) is 0.683. The average Bonchev–Trinajstić information content (AvgIpc) is 3.34. The molecule has 1 N–H and O–H groups in total. The van der Waals surface area contributed by atoms with Crippen LogP contribution in [0.25, 0.3) is 11.3 Å². The van der Waals surface area contributed by atoms with Crippen molar-refractivity contribution in [3.05, 3.63) is 58.6 Å². The third-order valence-corrected chi connectivity index (χ3v) is 5.24. The lowest BCUT2D eigenvalue weighted by Gasteiger charge is -2.18. The first-order valence-electron chi connectivity index (χ1n) is 8.74. The highest BCUT2D eigenvalue weighted by molar-refractivity contribution is 7.09. The molecule has 4 rings (SSSR count). The fourth-order valence-electron chi connectivity index (χ4n) is 3.00. The Kier molecular flexibility index (Phi) is 6.65. The molecule has 0 aliphatic carbocycles. The summed E-state index contributed by atoms with van der Waals surface area (Å²) in [6, 6.07) is 6.30.